The van der Waals surface area contributed by atoms with E-state index in [9.17, 15) is 9.18 Å². The second kappa shape index (κ2) is 6.76. The number of carbonyl (C=O) groups is 1. The lowest BCUT2D eigenvalue weighted by Gasteiger charge is -2.14. The monoisotopic (exact) mass is 293 g/mol. The Morgan fingerprint density at radius 2 is 2.33 bits per heavy atom. The zero-order valence-electron chi connectivity index (χ0n) is 11.3. The number of hydrogen-bond donors (Lipinski definition) is 3. The number of nitrogens with two attached hydrogens (primary N) is 1. The molecule has 4 N–H and O–H groups in total. The second-order valence-corrected chi connectivity index (χ2v) is 4.48. The summed E-state index contributed by atoms with van der Waals surface area (Å²) in [6.45, 7) is 1.35. The fourth-order valence-electron chi connectivity index (χ4n) is 1.99. The van der Waals surface area contributed by atoms with Gasteiger partial charge in [-0.1, -0.05) is 0 Å². The highest BCUT2D eigenvalue weighted by Crippen LogP contribution is 2.25. The van der Waals surface area contributed by atoms with Crippen molar-refractivity contribution in [3.8, 4) is 6.19 Å². The van der Waals surface area contributed by atoms with Crippen LogP contribution >= 0.6 is 0 Å². The first kappa shape index (κ1) is 14.9. The molecule has 0 bridgehead atoms. The summed E-state index contributed by atoms with van der Waals surface area (Å²) in [5, 5.41) is 13.6. The summed E-state index contributed by atoms with van der Waals surface area (Å²) >= 11 is 0. The van der Waals surface area contributed by atoms with Crippen molar-refractivity contribution in [2.24, 2.45) is 5.73 Å². The van der Waals surface area contributed by atoms with Crippen LogP contribution in [0.3, 0.4) is 0 Å². The Morgan fingerprint density at radius 1 is 1.52 bits per heavy atom. The Kier molecular flexibility index (Phi) is 4.79. The SMILES string of the molecule is N#CNCCNc1ccc(N2C[C@H](CN)OC2=O)cc1F. The van der Waals surface area contributed by atoms with Crippen LogP contribution in [0.25, 0.3) is 0 Å². The van der Waals surface area contributed by atoms with E-state index >= 15 is 0 Å². The lowest BCUT2D eigenvalue weighted by atomic mass is 10.2. The molecule has 2 rings (SSSR count). The van der Waals surface area contributed by atoms with Crippen molar-refractivity contribution in [3.63, 3.8) is 0 Å². The number of nitriles is 1. The molecule has 0 unspecified atom stereocenters. The molecule has 1 heterocycles. The van der Waals surface area contributed by atoms with Gasteiger partial charge in [0.05, 0.1) is 17.9 Å². The highest BCUT2D eigenvalue weighted by atomic mass is 19.1. The van der Waals surface area contributed by atoms with E-state index in [-0.39, 0.29) is 12.6 Å². The first-order chi connectivity index (χ1) is 10.2. The van der Waals surface area contributed by atoms with Crippen LogP contribution in [-0.4, -0.2) is 38.4 Å². The lowest BCUT2D eigenvalue weighted by Crippen LogP contribution is -2.27. The average Bonchev–Trinajstić information content (AvgIpc) is 2.86. The van der Waals surface area contributed by atoms with E-state index < -0.39 is 11.9 Å². The number of ether oxygens (including phenoxy) is 1. The smallest absolute Gasteiger partial charge is 0.414 e. The van der Waals surface area contributed by atoms with Gasteiger partial charge in [0.25, 0.3) is 0 Å². The van der Waals surface area contributed by atoms with Gasteiger partial charge in [0.1, 0.15) is 11.9 Å². The number of rotatable bonds is 6. The molecule has 0 spiro atoms. The average molecular weight is 293 g/mol. The van der Waals surface area contributed by atoms with Crippen LogP contribution in [0, 0.1) is 17.3 Å². The van der Waals surface area contributed by atoms with Crippen LogP contribution < -0.4 is 21.3 Å². The zero-order chi connectivity index (χ0) is 15.2. The molecule has 1 aromatic carbocycles. The van der Waals surface area contributed by atoms with E-state index in [0.29, 0.717) is 31.0 Å². The number of halogens is 1. The van der Waals surface area contributed by atoms with Gasteiger partial charge in [0.15, 0.2) is 6.19 Å². The second-order valence-electron chi connectivity index (χ2n) is 4.48. The summed E-state index contributed by atoms with van der Waals surface area (Å²) in [6.07, 6.45) is 0.888. The van der Waals surface area contributed by atoms with Gasteiger partial charge in [0.2, 0.25) is 0 Å². The van der Waals surface area contributed by atoms with Gasteiger partial charge in [0, 0.05) is 19.6 Å². The van der Waals surface area contributed by atoms with Crippen molar-refractivity contribution >= 4 is 17.5 Å². The van der Waals surface area contributed by atoms with Crippen LogP contribution in [0.4, 0.5) is 20.6 Å². The minimum absolute atomic E-state index is 0.232. The summed E-state index contributed by atoms with van der Waals surface area (Å²) in [4.78, 5) is 13.0. The zero-order valence-corrected chi connectivity index (χ0v) is 11.3. The fraction of sp³-hybridized carbons (Fsp3) is 0.385. The Labute approximate surface area is 121 Å². The van der Waals surface area contributed by atoms with Crippen LogP contribution in [0.15, 0.2) is 18.2 Å². The highest BCUT2D eigenvalue weighted by molar-refractivity contribution is 5.90. The Balaban J connectivity index is 2.02. The standard InChI is InChI=1S/C13H16FN5O2/c14-11-5-9(19-7-10(6-15)21-13(19)20)1-2-12(11)18-4-3-17-8-16/h1-2,5,10,17-18H,3-4,6-7,15H2/t10-/m0/s1. The van der Waals surface area contributed by atoms with Gasteiger partial charge in [-0.3, -0.25) is 4.90 Å². The third-order valence-corrected chi connectivity index (χ3v) is 3.05. The molecule has 1 amide bonds. The van der Waals surface area contributed by atoms with Gasteiger partial charge in [-0.05, 0) is 18.2 Å². The summed E-state index contributed by atoms with van der Waals surface area (Å²) < 4.78 is 19.0. The number of carbonyl (C=O) groups excluding carboxylic acids is 1. The summed E-state index contributed by atoms with van der Waals surface area (Å²) in [6, 6.07) is 4.43. The predicted octanol–water partition coefficient (Wildman–Crippen LogP) is 0.592. The van der Waals surface area contributed by atoms with Crippen LogP contribution in [0.2, 0.25) is 0 Å². The first-order valence-electron chi connectivity index (χ1n) is 6.49. The number of hydrogen-bond acceptors (Lipinski definition) is 6. The molecule has 1 aliphatic rings. The molecule has 1 aromatic rings. The van der Waals surface area contributed by atoms with E-state index in [0.717, 1.165) is 0 Å². The largest absolute Gasteiger partial charge is 0.443 e. The molecule has 0 saturated carbocycles. The van der Waals surface area contributed by atoms with Gasteiger partial charge in [-0.15, -0.1) is 0 Å². The van der Waals surface area contributed by atoms with Crippen molar-refractivity contribution in [1.82, 2.24) is 5.32 Å². The van der Waals surface area contributed by atoms with E-state index in [2.05, 4.69) is 10.6 Å². The fourth-order valence-corrected chi connectivity index (χ4v) is 1.99. The summed E-state index contributed by atoms with van der Waals surface area (Å²) in [5.41, 5.74) is 6.19. The third-order valence-electron chi connectivity index (χ3n) is 3.05. The normalized spacial score (nSPS) is 17.3. The molecule has 7 nitrogen and oxygen atoms in total. The Hall–Kier alpha value is -2.53. The molecule has 112 valence electrons. The quantitative estimate of drug-likeness (QED) is 0.403. The van der Waals surface area contributed by atoms with Gasteiger partial charge in [-0.25, -0.2) is 9.18 Å². The van der Waals surface area contributed by atoms with Gasteiger partial charge >= 0.3 is 6.09 Å². The van der Waals surface area contributed by atoms with E-state index in [1.165, 1.54) is 11.0 Å². The topological polar surface area (TPSA) is 103 Å². The number of benzene rings is 1. The molecule has 1 fully saturated rings. The molecule has 8 heteroatoms. The van der Waals surface area contributed by atoms with Crippen molar-refractivity contribution in [2.45, 2.75) is 6.10 Å². The molecule has 0 aromatic heterocycles. The highest BCUT2D eigenvalue weighted by Gasteiger charge is 2.31. The minimum atomic E-state index is -0.524. The number of anilines is 2. The number of nitrogens with zero attached hydrogens (tertiary/aromatic N) is 2. The summed E-state index contributed by atoms with van der Waals surface area (Å²) in [7, 11) is 0. The van der Waals surface area contributed by atoms with Crippen LogP contribution in [0.5, 0.6) is 0 Å². The molecule has 1 atom stereocenters. The van der Waals surface area contributed by atoms with Gasteiger partial charge < -0.3 is 21.1 Å². The molecular formula is C13H16FN5O2. The molecule has 0 aliphatic carbocycles. The predicted molar refractivity (Wildman–Crippen MR) is 75.2 cm³/mol. The van der Waals surface area contributed by atoms with Crippen LogP contribution in [0.1, 0.15) is 0 Å². The lowest BCUT2D eigenvalue weighted by molar-refractivity contribution is 0.145. The van der Waals surface area contributed by atoms with Gasteiger partial charge in [-0.2, -0.15) is 5.26 Å². The first-order valence-corrected chi connectivity index (χ1v) is 6.49. The van der Waals surface area contributed by atoms with Crippen LogP contribution in [-0.2, 0) is 4.74 Å². The molecule has 21 heavy (non-hydrogen) atoms. The maximum atomic E-state index is 14.0. The number of nitrogens with one attached hydrogen (secondary N) is 2. The van der Waals surface area contributed by atoms with E-state index in [4.69, 9.17) is 15.7 Å². The minimum Gasteiger partial charge on any atom is -0.443 e. The van der Waals surface area contributed by atoms with Crippen molar-refractivity contribution in [1.29, 1.82) is 5.26 Å². The maximum Gasteiger partial charge on any atom is 0.414 e. The summed E-state index contributed by atoms with van der Waals surface area (Å²) in [5.74, 6) is -0.478. The molecule has 0 radical (unpaired) electrons. The van der Waals surface area contributed by atoms with Crippen molar-refractivity contribution < 1.29 is 13.9 Å². The Morgan fingerprint density at radius 3 is 2.95 bits per heavy atom. The van der Waals surface area contributed by atoms with E-state index in [1.54, 1.807) is 18.3 Å². The molecular weight excluding hydrogens is 277 g/mol. The molecule has 1 saturated heterocycles. The van der Waals surface area contributed by atoms with Crippen molar-refractivity contribution in [3.05, 3.63) is 24.0 Å². The number of cyclic esters (lactones) is 1. The Bertz CT molecular complexity index is 560. The van der Waals surface area contributed by atoms with Crippen molar-refractivity contribution in [2.75, 3.05) is 36.4 Å². The maximum absolute atomic E-state index is 14.0. The van der Waals surface area contributed by atoms with E-state index in [1.807, 2.05) is 0 Å². The third kappa shape index (κ3) is 3.52. The molecule has 1 aliphatic heterocycles. The number of amides is 1.